The van der Waals surface area contributed by atoms with Crippen LogP contribution in [0, 0.1) is 5.82 Å². The Morgan fingerprint density at radius 2 is 1.93 bits per heavy atom. The van der Waals surface area contributed by atoms with Crippen molar-refractivity contribution in [3.8, 4) is 5.69 Å². The lowest BCUT2D eigenvalue weighted by Gasteiger charge is -2.12. The molecule has 0 aliphatic heterocycles. The molecule has 1 heterocycles. The molecule has 0 saturated heterocycles. The van der Waals surface area contributed by atoms with E-state index in [9.17, 15) is 14.0 Å². The molecule has 1 aromatic heterocycles. The zero-order valence-corrected chi connectivity index (χ0v) is 15.6. The molecule has 1 atom stereocenters. The summed E-state index contributed by atoms with van der Waals surface area (Å²) in [6, 6.07) is 6.02. The van der Waals surface area contributed by atoms with Gasteiger partial charge in [0.15, 0.2) is 11.8 Å². The molecular formula is C20H24FN3O3. The van der Waals surface area contributed by atoms with Gasteiger partial charge < -0.3 is 10.1 Å². The summed E-state index contributed by atoms with van der Waals surface area (Å²) in [6.07, 6.45) is 3.67. The molecule has 7 heteroatoms. The highest BCUT2D eigenvalue weighted by atomic mass is 19.1. The second-order valence-corrected chi connectivity index (χ2v) is 6.66. The maximum absolute atomic E-state index is 13.3. The fraction of sp³-hybridized carbons (Fsp3) is 0.450. The van der Waals surface area contributed by atoms with Crippen molar-refractivity contribution in [1.29, 1.82) is 0 Å². The van der Waals surface area contributed by atoms with Gasteiger partial charge in [-0.3, -0.25) is 4.79 Å². The number of aromatic nitrogens is 2. The molecule has 1 aliphatic carbocycles. The Hall–Kier alpha value is -2.70. The van der Waals surface area contributed by atoms with Gasteiger partial charge in [-0.2, -0.15) is 5.10 Å². The van der Waals surface area contributed by atoms with Gasteiger partial charge >= 0.3 is 5.97 Å². The smallest absolute Gasteiger partial charge is 0.359 e. The number of ether oxygens (including phenoxy) is 1. The Kier molecular flexibility index (Phi) is 5.88. The van der Waals surface area contributed by atoms with Crippen molar-refractivity contribution >= 4 is 11.9 Å². The van der Waals surface area contributed by atoms with Crippen molar-refractivity contribution < 1.29 is 18.7 Å². The number of fused-ring (bicyclic) bond motifs is 1. The average Bonchev–Trinajstić information content (AvgIpc) is 2.84. The van der Waals surface area contributed by atoms with Crippen LogP contribution in [-0.2, 0) is 22.4 Å². The molecule has 1 N–H and O–H groups in total. The molecule has 27 heavy (non-hydrogen) atoms. The van der Waals surface area contributed by atoms with Gasteiger partial charge in [0.25, 0.3) is 5.91 Å². The first-order valence-electron chi connectivity index (χ1n) is 9.36. The Morgan fingerprint density at radius 1 is 1.22 bits per heavy atom. The molecule has 1 aliphatic rings. The fourth-order valence-electron chi connectivity index (χ4n) is 3.32. The van der Waals surface area contributed by atoms with Crippen LogP contribution in [0.25, 0.3) is 5.69 Å². The number of likely N-dealkylation sites (N-methyl/N-ethyl adjacent to an activating group) is 1. The number of hydrogen-bond acceptors (Lipinski definition) is 4. The Morgan fingerprint density at radius 3 is 2.63 bits per heavy atom. The van der Waals surface area contributed by atoms with E-state index in [2.05, 4.69) is 10.4 Å². The maximum atomic E-state index is 13.3. The number of carbonyl (C=O) groups excluding carboxylic acids is 2. The van der Waals surface area contributed by atoms with E-state index in [1.807, 2.05) is 0 Å². The van der Waals surface area contributed by atoms with Gasteiger partial charge in [0.1, 0.15) is 5.82 Å². The molecule has 1 amide bonds. The number of esters is 1. The first kappa shape index (κ1) is 19.1. The molecule has 2 aromatic rings. The molecule has 0 fully saturated rings. The molecule has 3 rings (SSSR count). The summed E-state index contributed by atoms with van der Waals surface area (Å²) in [5.41, 5.74) is 2.76. The van der Waals surface area contributed by atoms with E-state index in [4.69, 9.17) is 4.74 Å². The zero-order valence-electron chi connectivity index (χ0n) is 15.6. The summed E-state index contributed by atoms with van der Waals surface area (Å²) in [6.45, 7) is 3.81. The third-order valence-corrected chi connectivity index (χ3v) is 4.70. The van der Waals surface area contributed by atoms with E-state index in [1.54, 1.807) is 30.7 Å². The van der Waals surface area contributed by atoms with Gasteiger partial charge in [-0.25, -0.2) is 13.9 Å². The van der Waals surface area contributed by atoms with Crippen molar-refractivity contribution in [2.45, 2.75) is 52.1 Å². The van der Waals surface area contributed by atoms with Crippen LogP contribution in [0.4, 0.5) is 4.39 Å². The maximum Gasteiger partial charge on any atom is 0.359 e. The zero-order chi connectivity index (χ0) is 19.4. The van der Waals surface area contributed by atoms with E-state index < -0.39 is 12.1 Å². The number of nitrogens with zero attached hydrogens (tertiary/aromatic N) is 2. The molecule has 0 saturated carbocycles. The molecule has 6 nitrogen and oxygen atoms in total. The first-order chi connectivity index (χ1) is 13.0. The predicted molar refractivity (Wildman–Crippen MR) is 98.3 cm³/mol. The number of benzene rings is 1. The average molecular weight is 373 g/mol. The summed E-state index contributed by atoms with van der Waals surface area (Å²) in [5.74, 6) is -1.27. The van der Waals surface area contributed by atoms with Gasteiger partial charge in [-0.15, -0.1) is 0 Å². The van der Waals surface area contributed by atoms with Crippen molar-refractivity contribution in [2.24, 2.45) is 0 Å². The summed E-state index contributed by atoms with van der Waals surface area (Å²) >= 11 is 0. The quantitative estimate of drug-likeness (QED) is 0.646. The van der Waals surface area contributed by atoms with E-state index in [0.29, 0.717) is 12.2 Å². The lowest BCUT2D eigenvalue weighted by Crippen LogP contribution is -2.35. The van der Waals surface area contributed by atoms with Crippen LogP contribution < -0.4 is 5.32 Å². The Balaban J connectivity index is 1.94. The molecule has 144 valence electrons. The lowest BCUT2D eigenvalue weighted by atomic mass is 10.1. The second-order valence-electron chi connectivity index (χ2n) is 6.66. The molecule has 0 bridgehead atoms. The van der Waals surface area contributed by atoms with E-state index >= 15 is 0 Å². The van der Waals surface area contributed by atoms with E-state index in [0.717, 1.165) is 43.4 Å². The van der Waals surface area contributed by atoms with Gasteiger partial charge in [-0.05, 0) is 63.8 Å². The minimum absolute atomic E-state index is 0.243. The van der Waals surface area contributed by atoms with Gasteiger partial charge in [-0.1, -0.05) is 6.42 Å². The monoisotopic (exact) mass is 373 g/mol. The number of hydrogen-bond donors (Lipinski definition) is 1. The number of carbonyl (C=O) groups is 2. The number of rotatable bonds is 5. The minimum atomic E-state index is -0.894. The summed E-state index contributed by atoms with van der Waals surface area (Å²) in [7, 11) is 0. The fourth-order valence-corrected chi connectivity index (χ4v) is 3.32. The van der Waals surface area contributed by atoms with Crippen molar-refractivity contribution in [2.75, 3.05) is 6.54 Å². The van der Waals surface area contributed by atoms with Crippen molar-refractivity contribution in [3.05, 3.63) is 47.0 Å². The highest BCUT2D eigenvalue weighted by Gasteiger charge is 2.28. The lowest BCUT2D eigenvalue weighted by molar-refractivity contribution is -0.128. The van der Waals surface area contributed by atoms with Crippen LogP contribution in [0.3, 0.4) is 0 Å². The molecule has 0 spiro atoms. The normalized spacial score (nSPS) is 14.8. The van der Waals surface area contributed by atoms with Crippen LogP contribution in [-0.4, -0.2) is 34.3 Å². The Bertz CT molecular complexity index is 830. The third-order valence-electron chi connectivity index (χ3n) is 4.70. The van der Waals surface area contributed by atoms with E-state index in [1.165, 1.54) is 12.1 Å². The largest absolute Gasteiger partial charge is 0.448 e. The van der Waals surface area contributed by atoms with E-state index in [-0.39, 0.29) is 17.4 Å². The van der Waals surface area contributed by atoms with Crippen LogP contribution >= 0.6 is 0 Å². The first-order valence-corrected chi connectivity index (χ1v) is 9.36. The minimum Gasteiger partial charge on any atom is -0.448 e. The van der Waals surface area contributed by atoms with Crippen LogP contribution in [0.2, 0.25) is 0 Å². The van der Waals surface area contributed by atoms with Crippen LogP contribution in [0.5, 0.6) is 0 Å². The predicted octanol–water partition coefficient (Wildman–Crippen LogP) is 2.96. The third kappa shape index (κ3) is 4.18. The molecule has 0 radical (unpaired) electrons. The van der Waals surface area contributed by atoms with Crippen molar-refractivity contribution in [1.82, 2.24) is 15.1 Å². The summed E-state index contributed by atoms with van der Waals surface area (Å²) < 4.78 is 20.3. The van der Waals surface area contributed by atoms with Crippen LogP contribution in [0.1, 0.15) is 54.9 Å². The standard InChI is InChI=1S/C20H24FN3O3/c1-3-22-19(25)13(2)27-20(26)18-16-7-5-4-6-8-17(16)24(23-18)15-11-9-14(21)10-12-15/h9-13H,3-8H2,1-2H3,(H,22,25). The van der Waals surface area contributed by atoms with Gasteiger partial charge in [0, 0.05) is 17.8 Å². The van der Waals surface area contributed by atoms with Crippen molar-refractivity contribution in [3.63, 3.8) is 0 Å². The topological polar surface area (TPSA) is 73.2 Å². The highest BCUT2D eigenvalue weighted by molar-refractivity contribution is 5.92. The van der Waals surface area contributed by atoms with Gasteiger partial charge in [0.05, 0.1) is 5.69 Å². The highest BCUT2D eigenvalue weighted by Crippen LogP contribution is 2.27. The summed E-state index contributed by atoms with van der Waals surface area (Å²) in [4.78, 5) is 24.6. The summed E-state index contributed by atoms with van der Waals surface area (Å²) in [5, 5.41) is 7.11. The Labute approximate surface area is 157 Å². The SMILES string of the molecule is CCNC(=O)C(C)OC(=O)c1nn(-c2ccc(F)cc2)c2c1CCCCC2. The molecule has 1 unspecified atom stereocenters. The molecule has 1 aromatic carbocycles. The second kappa shape index (κ2) is 8.33. The van der Waals surface area contributed by atoms with Gasteiger partial charge in [0.2, 0.25) is 0 Å². The number of amides is 1. The number of halogens is 1. The number of nitrogens with one attached hydrogen (secondary N) is 1. The molecular weight excluding hydrogens is 349 g/mol. The van der Waals surface area contributed by atoms with Crippen LogP contribution in [0.15, 0.2) is 24.3 Å².